The van der Waals surface area contributed by atoms with Gasteiger partial charge in [-0.25, -0.2) is 9.48 Å². The van der Waals surface area contributed by atoms with E-state index in [1.807, 2.05) is 19.1 Å². The molecule has 106 valence electrons. The molecule has 0 saturated carbocycles. The number of aromatic nitrogens is 3. The molecule has 3 aromatic heterocycles. The van der Waals surface area contributed by atoms with Crippen molar-refractivity contribution in [3.63, 3.8) is 0 Å². The zero-order chi connectivity index (χ0) is 14.8. The summed E-state index contributed by atoms with van der Waals surface area (Å²) in [7, 11) is 1.32. The number of rotatable bonds is 3. The molecule has 0 saturated heterocycles. The maximum Gasteiger partial charge on any atom is 0.358 e. The standard InChI is InChI=1S/C15H13N3O3/c1-10-3-4-14(21-10)13-9-12(15(19)20-2)17-18(13)11-5-7-16-8-6-11/h3-9H,1-2H3. The number of furan rings is 1. The first-order chi connectivity index (χ1) is 10.2. The normalized spacial score (nSPS) is 10.6. The summed E-state index contributed by atoms with van der Waals surface area (Å²) in [5.74, 6) is 0.923. The van der Waals surface area contributed by atoms with E-state index < -0.39 is 5.97 Å². The predicted octanol–water partition coefficient (Wildman–Crippen LogP) is 2.62. The van der Waals surface area contributed by atoms with Gasteiger partial charge in [0.1, 0.15) is 11.5 Å². The fourth-order valence-electron chi connectivity index (χ4n) is 2.02. The maximum atomic E-state index is 11.7. The molecule has 3 heterocycles. The Kier molecular flexibility index (Phi) is 3.27. The lowest BCUT2D eigenvalue weighted by atomic mass is 10.3. The molecule has 0 radical (unpaired) electrons. The van der Waals surface area contributed by atoms with E-state index in [1.165, 1.54) is 7.11 Å². The molecule has 0 fully saturated rings. The van der Waals surface area contributed by atoms with Gasteiger partial charge in [0, 0.05) is 18.5 Å². The summed E-state index contributed by atoms with van der Waals surface area (Å²) < 4.78 is 12.0. The Morgan fingerprint density at radius 3 is 2.62 bits per heavy atom. The Bertz CT molecular complexity index is 775. The lowest BCUT2D eigenvalue weighted by Gasteiger charge is -2.04. The number of carbonyl (C=O) groups excluding carboxylic acids is 1. The first kappa shape index (κ1) is 13.1. The van der Waals surface area contributed by atoms with Crippen LogP contribution in [0.4, 0.5) is 0 Å². The van der Waals surface area contributed by atoms with Crippen LogP contribution >= 0.6 is 0 Å². The highest BCUT2D eigenvalue weighted by atomic mass is 16.5. The number of hydrogen-bond acceptors (Lipinski definition) is 5. The number of aryl methyl sites for hydroxylation is 1. The quantitative estimate of drug-likeness (QED) is 0.691. The van der Waals surface area contributed by atoms with Crippen molar-refractivity contribution in [3.8, 4) is 17.1 Å². The molecule has 0 unspecified atom stereocenters. The molecule has 6 nitrogen and oxygen atoms in total. The van der Waals surface area contributed by atoms with Crippen molar-refractivity contribution in [1.29, 1.82) is 0 Å². The van der Waals surface area contributed by atoms with Gasteiger partial charge < -0.3 is 9.15 Å². The van der Waals surface area contributed by atoms with Crippen LogP contribution in [0.3, 0.4) is 0 Å². The number of hydrogen-bond donors (Lipinski definition) is 0. The first-order valence-corrected chi connectivity index (χ1v) is 6.34. The fraction of sp³-hybridized carbons (Fsp3) is 0.133. The van der Waals surface area contributed by atoms with Gasteiger partial charge >= 0.3 is 5.97 Å². The Morgan fingerprint density at radius 1 is 1.24 bits per heavy atom. The highest BCUT2D eigenvalue weighted by Gasteiger charge is 2.18. The van der Waals surface area contributed by atoms with Gasteiger partial charge in [-0.1, -0.05) is 0 Å². The minimum atomic E-state index is -0.493. The van der Waals surface area contributed by atoms with Crippen LogP contribution in [0.1, 0.15) is 16.2 Å². The van der Waals surface area contributed by atoms with Crippen molar-refractivity contribution in [2.45, 2.75) is 6.92 Å². The zero-order valence-corrected chi connectivity index (χ0v) is 11.6. The third-order valence-electron chi connectivity index (χ3n) is 3.00. The van der Waals surface area contributed by atoms with Crippen molar-refractivity contribution < 1.29 is 13.9 Å². The lowest BCUT2D eigenvalue weighted by Crippen LogP contribution is -2.04. The molecule has 0 N–H and O–H groups in total. The molecule has 0 aliphatic heterocycles. The van der Waals surface area contributed by atoms with Crippen molar-refractivity contribution in [2.75, 3.05) is 7.11 Å². The second kappa shape index (κ2) is 5.24. The summed E-state index contributed by atoms with van der Waals surface area (Å²) in [6.07, 6.45) is 3.32. The van der Waals surface area contributed by atoms with Gasteiger partial charge in [0.05, 0.1) is 12.8 Å². The highest BCUT2D eigenvalue weighted by molar-refractivity contribution is 5.88. The van der Waals surface area contributed by atoms with Crippen LogP contribution in [0.25, 0.3) is 17.1 Å². The molecule has 0 amide bonds. The Hall–Kier alpha value is -2.89. The van der Waals surface area contributed by atoms with Gasteiger partial charge in [-0.2, -0.15) is 5.10 Å². The molecule has 0 aromatic carbocycles. The number of ether oxygens (including phenoxy) is 1. The van der Waals surface area contributed by atoms with Gasteiger partial charge in [0.2, 0.25) is 0 Å². The van der Waals surface area contributed by atoms with Crippen molar-refractivity contribution in [1.82, 2.24) is 14.8 Å². The van der Waals surface area contributed by atoms with E-state index >= 15 is 0 Å². The third kappa shape index (κ3) is 2.43. The van der Waals surface area contributed by atoms with Gasteiger partial charge in [-0.15, -0.1) is 0 Å². The van der Waals surface area contributed by atoms with Crippen LogP contribution in [-0.4, -0.2) is 27.8 Å². The number of pyridine rings is 1. The second-order valence-corrected chi connectivity index (χ2v) is 4.43. The molecule has 0 aliphatic rings. The van der Waals surface area contributed by atoms with E-state index in [0.29, 0.717) is 11.5 Å². The lowest BCUT2D eigenvalue weighted by molar-refractivity contribution is 0.0593. The SMILES string of the molecule is COC(=O)c1cc(-c2ccc(C)o2)n(-c2ccncc2)n1. The van der Waals surface area contributed by atoms with Crippen LogP contribution in [0.5, 0.6) is 0 Å². The van der Waals surface area contributed by atoms with Crippen molar-refractivity contribution in [2.24, 2.45) is 0 Å². The topological polar surface area (TPSA) is 70.2 Å². The Balaban J connectivity index is 2.17. The monoisotopic (exact) mass is 283 g/mol. The van der Waals surface area contributed by atoms with Gasteiger partial charge in [0.25, 0.3) is 0 Å². The number of methoxy groups -OCH3 is 1. The number of nitrogens with zero attached hydrogens (tertiary/aromatic N) is 3. The third-order valence-corrected chi connectivity index (χ3v) is 3.00. The van der Waals surface area contributed by atoms with E-state index in [4.69, 9.17) is 9.15 Å². The molecule has 3 aromatic rings. The molecular formula is C15H13N3O3. The molecule has 0 aliphatic carbocycles. The number of esters is 1. The van der Waals surface area contributed by atoms with Gasteiger partial charge in [-0.3, -0.25) is 4.98 Å². The molecule has 6 heteroatoms. The highest BCUT2D eigenvalue weighted by Crippen LogP contribution is 2.25. The maximum absolute atomic E-state index is 11.7. The molecule has 0 bridgehead atoms. The van der Waals surface area contributed by atoms with E-state index in [0.717, 1.165) is 11.4 Å². The number of carbonyl (C=O) groups is 1. The average Bonchev–Trinajstić information content (AvgIpc) is 3.13. The van der Waals surface area contributed by atoms with E-state index in [9.17, 15) is 4.79 Å². The smallest absolute Gasteiger partial charge is 0.358 e. The van der Waals surface area contributed by atoms with Gasteiger partial charge in [-0.05, 0) is 31.2 Å². The van der Waals surface area contributed by atoms with Crippen molar-refractivity contribution in [3.05, 3.63) is 54.2 Å². The Morgan fingerprint density at radius 2 is 2.00 bits per heavy atom. The van der Waals surface area contributed by atoms with E-state index in [-0.39, 0.29) is 5.69 Å². The molecule has 21 heavy (non-hydrogen) atoms. The zero-order valence-electron chi connectivity index (χ0n) is 11.6. The summed E-state index contributed by atoms with van der Waals surface area (Å²) in [6, 6.07) is 8.94. The summed E-state index contributed by atoms with van der Waals surface area (Å²) in [5, 5.41) is 4.29. The summed E-state index contributed by atoms with van der Waals surface area (Å²) in [5.41, 5.74) is 1.68. The van der Waals surface area contributed by atoms with E-state index in [2.05, 4.69) is 10.1 Å². The summed E-state index contributed by atoms with van der Waals surface area (Å²) in [6.45, 7) is 1.86. The minimum absolute atomic E-state index is 0.221. The van der Waals surface area contributed by atoms with Crippen LogP contribution in [0, 0.1) is 6.92 Å². The first-order valence-electron chi connectivity index (χ1n) is 6.34. The molecule has 0 atom stereocenters. The largest absolute Gasteiger partial charge is 0.464 e. The predicted molar refractivity (Wildman–Crippen MR) is 75.1 cm³/mol. The van der Waals surface area contributed by atoms with Crippen LogP contribution < -0.4 is 0 Å². The summed E-state index contributed by atoms with van der Waals surface area (Å²) in [4.78, 5) is 15.7. The van der Waals surface area contributed by atoms with Gasteiger partial charge in [0.15, 0.2) is 11.5 Å². The fourth-order valence-corrected chi connectivity index (χ4v) is 2.02. The summed E-state index contributed by atoms with van der Waals surface area (Å²) >= 11 is 0. The molecule has 3 rings (SSSR count). The molecule has 0 spiro atoms. The van der Waals surface area contributed by atoms with Crippen molar-refractivity contribution >= 4 is 5.97 Å². The minimum Gasteiger partial charge on any atom is -0.464 e. The second-order valence-electron chi connectivity index (χ2n) is 4.43. The van der Waals surface area contributed by atoms with Crippen LogP contribution in [-0.2, 0) is 4.74 Å². The van der Waals surface area contributed by atoms with Crippen LogP contribution in [0.2, 0.25) is 0 Å². The van der Waals surface area contributed by atoms with E-state index in [1.54, 1.807) is 35.3 Å². The molecular weight excluding hydrogens is 270 g/mol. The average molecular weight is 283 g/mol. The van der Waals surface area contributed by atoms with Crippen LogP contribution in [0.15, 0.2) is 47.1 Å². The Labute approximate surface area is 121 Å².